The number of aromatic nitrogens is 1. The molecule has 1 N–H and O–H groups in total. The van der Waals surface area contributed by atoms with E-state index in [1.807, 2.05) is 26.2 Å². The zero-order valence-electron chi connectivity index (χ0n) is 8.83. The van der Waals surface area contributed by atoms with E-state index in [0.717, 1.165) is 9.61 Å². The Morgan fingerprint density at radius 3 is 2.80 bits per heavy atom. The molecular formula is C9H13BrN2O2S. The van der Waals surface area contributed by atoms with Gasteiger partial charge in [-0.2, -0.15) is 0 Å². The van der Waals surface area contributed by atoms with E-state index in [1.54, 1.807) is 0 Å². The number of rotatable bonds is 2. The quantitative estimate of drug-likeness (QED) is 0.912. The van der Waals surface area contributed by atoms with E-state index in [4.69, 9.17) is 4.74 Å². The molecule has 0 fully saturated rings. The van der Waals surface area contributed by atoms with Crippen molar-refractivity contribution in [1.29, 1.82) is 0 Å². The summed E-state index contributed by atoms with van der Waals surface area (Å²) < 4.78 is 5.89. The maximum absolute atomic E-state index is 11.3. The Kier molecular flexibility index (Phi) is 4.10. The SMILES string of the molecule is CC(C)(C)OC(=O)NCc1csc(Br)n1. The van der Waals surface area contributed by atoms with Crippen LogP contribution in [0, 0.1) is 0 Å². The first-order chi connectivity index (χ1) is 6.87. The molecule has 1 aromatic rings. The summed E-state index contributed by atoms with van der Waals surface area (Å²) in [6.45, 7) is 5.86. The summed E-state index contributed by atoms with van der Waals surface area (Å²) in [7, 11) is 0. The first kappa shape index (κ1) is 12.4. The highest BCUT2D eigenvalue weighted by Crippen LogP contribution is 2.15. The molecule has 0 spiro atoms. The first-order valence-electron chi connectivity index (χ1n) is 4.43. The lowest BCUT2D eigenvalue weighted by Gasteiger charge is -2.19. The van der Waals surface area contributed by atoms with E-state index in [9.17, 15) is 4.79 Å². The van der Waals surface area contributed by atoms with E-state index in [-0.39, 0.29) is 0 Å². The Balaban J connectivity index is 2.35. The topological polar surface area (TPSA) is 51.2 Å². The van der Waals surface area contributed by atoms with Crippen molar-refractivity contribution in [3.05, 3.63) is 15.0 Å². The Hall–Kier alpha value is -0.620. The Bertz CT molecular complexity index is 346. The number of hydrogen-bond acceptors (Lipinski definition) is 4. The fraction of sp³-hybridized carbons (Fsp3) is 0.556. The minimum absolute atomic E-state index is 0.386. The van der Waals surface area contributed by atoms with Crippen LogP contribution in [0.2, 0.25) is 0 Å². The normalized spacial score (nSPS) is 11.2. The fourth-order valence-electron chi connectivity index (χ4n) is 0.840. The lowest BCUT2D eigenvalue weighted by molar-refractivity contribution is 0.0523. The number of hydrogen-bond donors (Lipinski definition) is 1. The highest BCUT2D eigenvalue weighted by Gasteiger charge is 2.15. The van der Waals surface area contributed by atoms with Gasteiger partial charge in [0, 0.05) is 5.38 Å². The predicted molar refractivity (Wildman–Crippen MR) is 62.9 cm³/mol. The highest BCUT2D eigenvalue weighted by atomic mass is 79.9. The summed E-state index contributed by atoms with van der Waals surface area (Å²) in [4.78, 5) is 15.4. The molecule has 6 heteroatoms. The number of carbonyl (C=O) groups excluding carboxylic acids is 1. The fourth-order valence-corrected chi connectivity index (χ4v) is 1.89. The van der Waals surface area contributed by atoms with E-state index < -0.39 is 11.7 Å². The molecule has 0 aromatic carbocycles. The average molecular weight is 293 g/mol. The maximum Gasteiger partial charge on any atom is 0.407 e. The van der Waals surface area contributed by atoms with E-state index in [2.05, 4.69) is 26.2 Å². The van der Waals surface area contributed by atoms with Gasteiger partial charge >= 0.3 is 6.09 Å². The third-order valence-electron chi connectivity index (χ3n) is 1.34. The van der Waals surface area contributed by atoms with Gasteiger partial charge in [-0.25, -0.2) is 9.78 Å². The molecule has 1 amide bonds. The lowest BCUT2D eigenvalue weighted by Crippen LogP contribution is -2.32. The second kappa shape index (κ2) is 4.94. The standard InChI is InChI=1S/C9H13BrN2O2S/c1-9(2,3)14-8(13)11-4-6-5-15-7(10)12-6/h5H,4H2,1-3H3,(H,11,13). The maximum atomic E-state index is 11.3. The number of alkyl carbamates (subject to hydrolysis) is 1. The number of amides is 1. The second-order valence-electron chi connectivity index (χ2n) is 3.95. The van der Waals surface area contributed by atoms with Crippen LogP contribution in [-0.4, -0.2) is 16.7 Å². The van der Waals surface area contributed by atoms with Crippen LogP contribution in [0.3, 0.4) is 0 Å². The molecule has 0 unspecified atom stereocenters. The molecule has 0 aliphatic rings. The smallest absolute Gasteiger partial charge is 0.407 e. The predicted octanol–water partition coefficient (Wildman–Crippen LogP) is 2.93. The van der Waals surface area contributed by atoms with Gasteiger partial charge in [0.15, 0.2) is 3.92 Å². The third-order valence-corrected chi connectivity index (χ3v) is 2.75. The van der Waals surface area contributed by atoms with Crippen LogP contribution >= 0.6 is 27.3 Å². The van der Waals surface area contributed by atoms with E-state index in [0.29, 0.717) is 6.54 Å². The Morgan fingerprint density at radius 2 is 2.33 bits per heavy atom. The van der Waals surface area contributed by atoms with Crippen molar-refractivity contribution in [2.45, 2.75) is 32.9 Å². The van der Waals surface area contributed by atoms with Crippen molar-refractivity contribution in [2.24, 2.45) is 0 Å². The van der Waals surface area contributed by atoms with Gasteiger partial charge in [-0.3, -0.25) is 0 Å². The molecule has 1 heterocycles. The van der Waals surface area contributed by atoms with Crippen molar-refractivity contribution in [3.8, 4) is 0 Å². The van der Waals surface area contributed by atoms with Crippen molar-refractivity contribution >= 4 is 33.4 Å². The van der Waals surface area contributed by atoms with Gasteiger partial charge in [0.1, 0.15) is 5.60 Å². The van der Waals surface area contributed by atoms with Gasteiger partial charge in [0.05, 0.1) is 12.2 Å². The van der Waals surface area contributed by atoms with Crippen LogP contribution in [0.4, 0.5) is 4.79 Å². The number of nitrogens with one attached hydrogen (secondary N) is 1. The number of halogens is 1. The Morgan fingerprint density at radius 1 is 1.67 bits per heavy atom. The van der Waals surface area contributed by atoms with E-state index >= 15 is 0 Å². The summed E-state index contributed by atoms with van der Waals surface area (Å²) in [6.07, 6.45) is -0.424. The second-order valence-corrected chi connectivity index (χ2v) is 6.08. The van der Waals surface area contributed by atoms with Crippen LogP contribution in [0.1, 0.15) is 26.5 Å². The number of thiazole rings is 1. The molecule has 0 saturated heterocycles. The molecule has 15 heavy (non-hydrogen) atoms. The van der Waals surface area contributed by atoms with Gasteiger partial charge in [-0.1, -0.05) is 0 Å². The summed E-state index contributed by atoms with van der Waals surface area (Å²) >= 11 is 4.73. The van der Waals surface area contributed by atoms with Crippen molar-refractivity contribution in [3.63, 3.8) is 0 Å². The van der Waals surface area contributed by atoms with Crippen LogP contribution < -0.4 is 5.32 Å². The molecule has 84 valence electrons. The average Bonchev–Trinajstić information content (AvgIpc) is 2.45. The summed E-state index contributed by atoms with van der Waals surface area (Å²) in [5, 5.41) is 4.51. The molecule has 0 bridgehead atoms. The number of carbonyl (C=O) groups is 1. The largest absolute Gasteiger partial charge is 0.444 e. The number of nitrogens with zero attached hydrogens (tertiary/aromatic N) is 1. The Labute approximate surface area is 101 Å². The molecular weight excluding hydrogens is 280 g/mol. The van der Waals surface area contributed by atoms with Gasteiger partial charge in [-0.15, -0.1) is 11.3 Å². The zero-order valence-corrected chi connectivity index (χ0v) is 11.2. The molecule has 0 aliphatic carbocycles. The minimum atomic E-state index is -0.466. The van der Waals surface area contributed by atoms with Crippen LogP contribution in [0.5, 0.6) is 0 Å². The van der Waals surface area contributed by atoms with Gasteiger partial charge in [0.25, 0.3) is 0 Å². The molecule has 0 radical (unpaired) electrons. The van der Waals surface area contributed by atoms with Crippen molar-refractivity contribution < 1.29 is 9.53 Å². The van der Waals surface area contributed by atoms with Crippen LogP contribution in [-0.2, 0) is 11.3 Å². The number of ether oxygens (including phenoxy) is 1. The molecule has 1 aromatic heterocycles. The van der Waals surface area contributed by atoms with E-state index in [1.165, 1.54) is 11.3 Å². The molecule has 4 nitrogen and oxygen atoms in total. The first-order valence-corrected chi connectivity index (χ1v) is 6.11. The minimum Gasteiger partial charge on any atom is -0.444 e. The highest BCUT2D eigenvalue weighted by molar-refractivity contribution is 9.11. The van der Waals surface area contributed by atoms with Crippen LogP contribution in [0.25, 0.3) is 0 Å². The molecule has 0 saturated carbocycles. The summed E-state index contributed by atoms with van der Waals surface area (Å²) in [6, 6.07) is 0. The third kappa shape index (κ3) is 5.13. The lowest BCUT2D eigenvalue weighted by atomic mass is 10.2. The summed E-state index contributed by atoms with van der Waals surface area (Å²) in [5.74, 6) is 0. The monoisotopic (exact) mass is 292 g/mol. The van der Waals surface area contributed by atoms with Crippen molar-refractivity contribution in [1.82, 2.24) is 10.3 Å². The van der Waals surface area contributed by atoms with Gasteiger partial charge in [0.2, 0.25) is 0 Å². The zero-order chi connectivity index (χ0) is 11.5. The molecule has 0 atom stereocenters. The van der Waals surface area contributed by atoms with Crippen LogP contribution in [0.15, 0.2) is 9.30 Å². The molecule has 1 rings (SSSR count). The van der Waals surface area contributed by atoms with Crippen molar-refractivity contribution in [2.75, 3.05) is 0 Å². The summed E-state index contributed by atoms with van der Waals surface area (Å²) in [5.41, 5.74) is 0.352. The van der Waals surface area contributed by atoms with Gasteiger partial charge in [-0.05, 0) is 36.7 Å². The molecule has 0 aliphatic heterocycles. The van der Waals surface area contributed by atoms with Gasteiger partial charge < -0.3 is 10.1 Å².